The molecule has 0 amide bonds. The van der Waals surface area contributed by atoms with Crippen molar-refractivity contribution < 1.29 is 20.4 Å². The summed E-state index contributed by atoms with van der Waals surface area (Å²) in [6.45, 7) is 7.58. The first-order valence-corrected chi connectivity index (χ1v) is 13.6. The molecule has 0 saturated carbocycles. The van der Waals surface area contributed by atoms with Gasteiger partial charge < -0.3 is 20.4 Å². The topological polar surface area (TPSA) is 80.9 Å². The lowest BCUT2D eigenvalue weighted by atomic mass is 9.94. The molecule has 0 heterocycles. The molecule has 0 radical (unpaired) electrons. The lowest BCUT2D eigenvalue weighted by molar-refractivity contribution is 0.464. The van der Waals surface area contributed by atoms with Crippen LogP contribution in [-0.2, 0) is 6.42 Å². The van der Waals surface area contributed by atoms with E-state index in [0.717, 1.165) is 66.1 Å². The summed E-state index contributed by atoms with van der Waals surface area (Å²) in [4.78, 5) is 0. The van der Waals surface area contributed by atoms with Gasteiger partial charge in [0.1, 0.15) is 23.0 Å². The fraction of sp³-hybridized carbons (Fsp3) is 0.135. The smallest absolute Gasteiger partial charge is 0.121 e. The third kappa shape index (κ3) is 5.55. The molecule has 0 aliphatic heterocycles. The van der Waals surface area contributed by atoms with E-state index in [1.807, 2.05) is 113 Å². The highest BCUT2D eigenvalue weighted by molar-refractivity contribution is 5.91. The molecule has 0 saturated heterocycles. The van der Waals surface area contributed by atoms with Crippen molar-refractivity contribution >= 4 is 21.5 Å². The molecule has 0 spiro atoms. The number of phenolic OH excluding ortho intramolecular Hbond substituents is 4. The maximum atomic E-state index is 10.4. The Labute approximate surface area is 240 Å². The van der Waals surface area contributed by atoms with E-state index in [1.165, 1.54) is 0 Å². The molecule has 0 fully saturated rings. The van der Waals surface area contributed by atoms with Gasteiger partial charge in [0.25, 0.3) is 0 Å². The van der Waals surface area contributed by atoms with Gasteiger partial charge >= 0.3 is 0 Å². The Balaban J connectivity index is 0.000000170. The summed E-state index contributed by atoms with van der Waals surface area (Å²) < 4.78 is 0. The average molecular weight is 543 g/mol. The van der Waals surface area contributed by atoms with Gasteiger partial charge in [0.15, 0.2) is 0 Å². The number of rotatable bonds is 3. The largest absolute Gasteiger partial charge is 0.508 e. The van der Waals surface area contributed by atoms with Crippen LogP contribution in [0.1, 0.15) is 33.4 Å². The van der Waals surface area contributed by atoms with Gasteiger partial charge in [0.05, 0.1) is 0 Å². The number of hydrogen-bond acceptors (Lipinski definition) is 4. The molecule has 0 aromatic heterocycles. The van der Waals surface area contributed by atoms with Gasteiger partial charge in [-0.15, -0.1) is 0 Å². The molecular formula is C37H34O4. The second kappa shape index (κ2) is 11.3. The van der Waals surface area contributed by atoms with Gasteiger partial charge in [-0.05, 0) is 119 Å². The van der Waals surface area contributed by atoms with Crippen LogP contribution in [0.2, 0.25) is 0 Å². The number of fused-ring (bicyclic) bond motifs is 2. The molecule has 4 N–H and O–H groups in total. The summed E-state index contributed by atoms with van der Waals surface area (Å²) >= 11 is 0. The average Bonchev–Trinajstić information content (AvgIpc) is 2.97. The molecule has 6 aromatic carbocycles. The van der Waals surface area contributed by atoms with Crippen LogP contribution in [-0.4, -0.2) is 20.4 Å². The van der Waals surface area contributed by atoms with Crippen molar-refractivity contribution in [3.8, 4) is 34.1 Å². The van der Waals surface area contributed by atoms with Gasteiger partial charge in [-0.25, -0.2) is 0 Å². The lowest BCUT2D eigenvalue weighted by Gasteiger charge is -2.13. The van der Waals surface area contributed by atoms with Crippen molar-refractivity contribution in [3.05, 3.63) is 130 Å². The molecule has 0 unspecified atom stereocenters. The fourth-order valence-electron chi connectivity index (χ4n) is 5.44. The molecule has 6 aromatic rings. The van der Waals surface area contributed by atoms with Crippen molar-refractivity contribution in [1.82, 2.24) is 0 Å². The molecule has 206 valence electrons. The standard InChI is InChI=1S/C21H16O2.C16H18O2/c22-20-11-9-14-5-1-3-7-16(14)18(20)13-19-17-8-4-2-6-15(17)10-12-21(19)23;1-9-5-13(6-10(2)15(9)17)14-7-11(3)16(18)12(4)8-14/h1-12,22-23H,13H2;5-8,17-18H,1-4H3. The van der Waals surface area contributed by atoms with E-state index >= 15 is 0 Å². The minimum Gasteiger partial charge on any atom is -0.508 e. The van der Waals surface area contributed by atoms with Crippen LogP contribution < -0.4 is 0 Å². The second-order valence-corrected chi connectivity index (χ2v) is 10.7. The van der Waals surface area contributed by atoms with E-state index in [9.17, 15) is 20.4 Å². The first-order valence-electron chi connectivity index (χ1n) is 13.6. The molecule has 6 rings (SSSR count). The number of benzene rings is 6. The van der Waals surface area contributed by atoms with E-state index in [1.54, 1.807) is 12.1 Å². The van der Waals surface area contributed by atoms with E-state index < -0.39 is 0 Å². The summed E-state index contributed by atoms with van der Waals surface area (Å²) in [6, 6.07) is 31.1. The Bertz CT molecular complexity index is 1720. The summed E-state index contributed by atoms with van der Waals surface area (Å²) in [6.07, 6.45) is 0.486. The lowest BCUT2D eigenvalue weighted by Crippen LogP contribution is -1.93. The Hall–Kier alpha value is -4.96. The van der Waals surface area contributed by atoms with Crippen LogP contribution in [0.4, 0.5) is 0 Å². The molecule has 0 bridgehead atoms. The molecule has 41 heavy (non-hydrogen) atoms. The van der Waals surface area contributed by atoms with Crippen molar-refractivity contribution in [2.75, 3.05) is 0 Å². The Kier molecular flexibility index (Phi) is 7.58. The van der Waals surface area contributed by atoms with Crippen LogP contribution in [0, 0.1) is 27.7 Å². The van der Waals surface area contributed by atoms with Gasteiger partial charge in [-0.2, -0.15) is 0 Å². The van der Waals surface area contributed by atoms with E-state index in [-0.39, 0.29) is 11.5 Å². The van der Waals surface area contributed by atoms with Gasteiger partial charge in [0, 0.05) is 17.5 Å². The first-order chi connectivity index (χ1) is 19.6. The van der Waals surface area contributed by atoms with Crippen LogP contribution in [0.15, 0.2) is 97.1 Å². The molecule has 4 heteroatoms. The predicted molar refractivity (Wildman–Crippen MR) is 168 cm³/mol. The Morgan fingerprint density at radius 1 is 0.439 bits per heavy atom. The zero-order chi connectivity index (χ0) is 29.3. The molecule has 0 atom stereocenters. The van der Waals surface area contributed by atoms with Crippen molar-refractivity contribution in [2.24, 2.45) is 0 Å². The molecule has 4 nitrogen and oxygen atoms in total. The second-order valence-electron chi connectivity index (χ2n) is 10.7. The van der Waals surface area contributed by atoms with Gasteiger partial charge in [-0.1, -0.05) is 60.7 Å². The van der Waals surface area contributed by atoms with Gasteiger partial charge in [-0.3, -0.25) is 0 Å². The van der Waals surface area contributed by atoms with Crippen LogP contribution in [0.25, 0.3) is 32.7 Å². The number of phenols is 4. The minimum atomic E-state index is 0.260. The first kappa shape index (κ1) is 27.6. The maximum Gasteiger partial charge on any atom is 0.121 e. The van der Waals surface area contributed by atoms with Crippen LogP contribution >= 0.6 is 0 Å². The summed E-state index contributed by atoms with van der Waals surface area (Å²) in [5.74, 6) is 1.23. The zero-order valence-electron chi connectivity index (χ0n) is 23.7. The normalized spacial score (nSPS) is 10.9. The molecule has 0 aliphatic carbocycles. The van der Waals surface area contributed by atoms with E-state index in [2.05, 4.69) is 0 Å². The number of aryl methyl sites for hydroxylation is 4. The summed E-state index contributed by atoms with van der Waals surface area (Å²) in [7, 11) is 0. The minimum absolute atomic E-state index is 0.260. The summed E-state index contributed by atoms with van der Waals surface area (Å²) in [5, 5.41) is 44.5. The quantitative estimate of drug-likeness (QED) is 0.180. The fourth-order valence-corrected chi connectivity index (χ4v) is 5.44. The SMILES string of the molecule is Cc1cc(-c2cc(C)c(O)c(C)c2)cc(C)c1O.Oc1ccc2ccccc2c1Cc1c(O)ccc2ccccc12. The summed E-state index contributed by atoms with van der Waals surface area (Å²) in [5.41, 5.74) is 7.29. The predicted octanol–water partition coefficient (Wildman–Crippen LogP) is 8.99. The highest BCUT2D eigenvalue weighted by atomic mass is 16.3. The van der Waals surface area contributed by atoms with E-state index in [4.69, 9.17) is 0 Å². The third-order valence-electron chi connectivity index (χ3n) is 7.70. The highest BCUT2D eigenvalue weighted by Gasteiger charge is 2.13. The Morgan fingerprint density at radius 3 is 1.15 bits per heavy atom. The van der Waals surface area contributed by atoms with Crippen LogP contribution in [0.3, 0.4) is 0 Å². The van der Waals surface area contributed by atoms with E-state index in [0.29, 0.717) is 17.9 Å². The zero-order valence-corrected chi connectivity index (χ0v) is 23.7. The van der Waals surface area contributed by atoms with Crippen molar-refractivity contribution in [2.45, 2.75) is 34.1 Å². The van der Waals surface area contributed by atoms with Gasteiger partial charge in [0.2, 0.25) is 0 Å². The number of aromatic hydroxyl groups is 4. The maximum absolute atomic E-state index is 10.4. The third-order valence-corrected chi connectivity index (χ3v) is 7.70. The van der Waals surface area contributed by atoms with Crippen LogP contribution in [0.5, 0.6) is 23.0 Å². The van der Waals surface area contributed by atoms with Crippen molar-refractivity contribution in [3.63, 3.8) is 0 Å². The number of hydrogen-bond donors (Lipinski definition) is 4. The Morgan fingerprint density at radius 2 is 0.780 bits per heavy atom. The molecular weight excluding hydrogens is 508 g/mol. The molecule has 0 aliphatic rings. The highest BCUT2D eigenvalue weighted by Crippen LogP contribution is 2.35. The monoisotopic (exact) mass is 542 g/mol. The van der Waals surface area contributed by atoms with Crippen molar-refractivity contribution in [1.29, 1.82) is 0 Å².